The van der Waals surface area contributed by atoms with Crippen LogP contribution in [0.2, 0.25) is 0 Å². The number of halogens is 1. The first kappa shape index (κ1) is 18.4. The van der Waals surface area contributed by atoms with E-state index in [1.807, 2.05) is 14.1 Å². The Bertz CT molecular complexity index is 698. The standard InChI is InChI=1S/C17H23FN4O4/c1-21(2)7-11-8-22(3-4-25-9-11)17(24)19-12-5-13(18)16-14(6-12)20-15(23)10-26-16/h5-6,11H,3-4,7-10H2,1-2H3,(H,19,24)(H,20,23). The van der Waals surface area contributed by atoms with Crippen molar-refractivity contribution >= 4 is 23.3 Å². The Morgan fingerprint density at radius 3 is 3.04 bits per heavy atom. The summed E-state index contributed by atoms with van der Waals surface area (Å²) < 4.78 is 24.8. The molecule has 2 aliphatic heterocycles. The maximum absolute atomic E-state index is 14.2. The Hall–Kier alpha value is -2.39. The van der Waals surface area contributed by atoms with Crippen LogP contribution in [0.3, 0.4) is 0 Å². The smallest absolute Gasteiger partial charge is 0.321 e. The van der Waals surface area contributed by atoms with Gasteiger partial charge >= 0.3 is 6.03 Å². The molecule has 0 aromatic heterocycles. The average Bonchev–Trinajstić information content (AvgIpc) is 2.79. The van der Waals surface area contributed by atoms with Crippen molar-refractivity contribution in [3.63, 3.8) is 0 Å². The van der Waals surface area contributed by atoms with Crippen LogP contribution in [0.25, 0.3) is 0 Å². The molecule has 1 saturated heterocycles. The van der Waals surface area contributed by atoms with E-state index >= 15 is 0 Å². The number of fused-ring (bicyclic) bond motifs is 1. The highest BCUT2D eigenvalue weighted by Crippen LogP contribution is 2.34. The lowest BCUT2D eigenvalue weighted by Crippen LogP contribution is -2.41. The Balaban J connectivity index is 1.70. The van der Waals surface area contributed by atoms with Gasteiger partial charge < -0.3 is 29.9 Å². The van der Waals surface area contributed by atoms with Crippen molar-refractivity contribution < 1.29 is 23.5 Å². The summed E-state index contributed by atoms with van der Waals surface area (Å²) in [4.78, 5) is 27.7. The largest absolute Gasteiger partial charge is 0.478 e. The molecule has 8 nitrogen and oxygen atoms in total. The number of hydrogen-bond acceptors (Lipinski definition) is 5. The zero-order valence-corrected chi connectivity index (χ0v) is 14.9. The van der Waals surface area contributed by atoms with Gasteiger partial charge in [0.15, 0.2) is 18.2 Å². The Morgan fingerprint density at radius 1 is 1.46 bits per heavy atom. The number of rotatable bonds is 3. The fourth-order valence-corrected chi connectivity index (χ4v) is 3.12. The maximum atomic E-state index is 14.2. The fraction of sp³-hybridized carbons (Fsp3) is 0.529. The predicted molar refractivity (Wildman–Crippen MR) is 94.0 cm³/mol. The molecule has 26 heavy (non-hydrogen) atoms. The lowest BCUT2D eigenvalue weighted by molar-refractivity contribution is -0.118. The van der Waals surface area contributed by atoms with Crippen LogP contribution < -0.4 is 15.4 Å². The molecule has 2 heterocycles. The SMILES string of the molecule is CN(C)CC1COCCN(C(=O)Nc2cc(F)c3c(c2)NC(=O)CO3)C1. The molecular formula is C17H23FN4O4. The highest BCUT2D eigenvalue weighted by atomic mass is 19.1. The molecule has 0 bridgehead atoms. The first-order chi connectivity index (χ1) is 12.4. The second kappa shape index (κ2) is 7.88. The third kappa shape index (κ3) is 4.41. The molecule has 1 atom stereocenters. The summed E-state index contributed by atoms with van der Waals surface area (Å²) in [5.41, 5.74) is 0.465. The van der Waals surface area contributed by atoms with Gasteiger partial charge in [0, 0.05) is 37.3 Å². The highest BCUT2D eigenvalue weighted by molar-refractivity contribution is 5.97. The van der Waals surface area contributed by atoms with Gasteiger partial charge in [-0.2, -0.15) is 0 Å². The van der Waals surface area contributed by atoms with Crippen LogP contribution in [0.1, 0.15) is 0 Å². The Morgan fingerprint density at radius 2 is 2.27 bits per heavy atom. The summed E-state index contributed by atoms with van der Waals surface area (Å²) in [7, 11) is 3.95. The summed E-state index contributed by atoms with van der Waals surface area (Å²) in [6, 6.07) is 2.33. The van der Waals surface area contributed by atoms with Gasteiger partial charge in [0.2, 0.25) is 0 Å². The van der Waals surface area contributed by atoms with Gasteiger partial charge in [-0.05, 0) is 20.2 Å². The number of hydrogen-bond donors (Lipinski definition) is 2. The molecule has 0 radical (unpaired) electrons. The summed E-state index contributed by atoms with van der Waals surface area (Å²) >= 11 is 0. The molecule has 0 spiro atoms. The van der Waals surface area contributed by atoms with Gasteiger partial charge in [0.05, 0.1) is 18.9 Å². The quantitative estimate of drug-likeness (QED) is 0.840. The number of urea groups is 1. The minimum atomic E-state index is -0.637. The predicted octanol–water partition coefficient (Wildman–Crippen LogP) is 1.20. The average molecular weight is 366 g/mol. The number of ether oxygens (including phenoxy) is 2. The number of carbonyl (C=O) groups excluding carboxylic acids is 2. The van der Waals surface area contributed by atoms with Gasteiger partial charge in [0.1, 0.15) is 0 Å². The molecule has 3 amide bonds. The summed E-state index contributed by atoms with van der Waals surface area (Å²) in [6.07, 6.45) is 0. The van der Waals surface area contributed by atoms with E-state index in [1.165, 1.54) is 12.1 Å². The lowest BCUT2D eigenvalue weighted by atomic mass is 10.1. The van der Waals surface area contributed by atoms with Crippen molar-refractivity contribution in [3.05, 3.63) is 17.9 Å². The van der Waals surface area contributed by atoms with Gasteiger partial charge in [-0.3, -0.25) is 4.79 Å². The van der Waals surface area contributed by atoms with Crippen LogP contribution in [0.5, 0.6) is 5.75 Å². The summed E-state index contributed by atoms with van der Waals surface area (Å²) in [5, 5.41) is 5.23. The van der Waals surface area contributed by atoms with E-state index in [9.17, 15) is 14.0 Å². The molecule has 3 rings (SSSR count). The summed E-state index contributed by atoms with van der Waals surface area (Å²) in [6.45, 7) is 2.65. The molecule has 0 saturated carbocycles. The monoisotopic (exact) mass is 366 g/mol. The van der Waals surface area contributed by atoms with Crippen molar-refractivity contribution in [2.75, 3.05) is 64.2 Å². The molecule has 142 valence electrons. The zero-order valence-electron chi connectivity index (χ0n) is 14.9. The lowest BCUT2D eigenvalue weighted by Gasteiger charge is -2.26. The van der Waals surface area contributed by atoms with E-state index in [2.05, 4.69) is 15.5 Å². The highest BCUT2D eigenvalue weighted by Gasteiger charge is 2.25. The second-order valence-electron chi connectivity index (χ2n) is 6.75. The van der Waals surface area contributed by atoms with E-state index in [-0.39, 0.29) is 41.6 Å². The van der Waals surface area contributed by atoms with Gasteiger partial charge in [-0.15, -0.1) is 0 Å². The second-order valence-corrected chi connectivity index (χ2v) is 6.75. The minimum absolute atomic E-state index is 0.0168. The maximum Gasteiger partial charge on any atom is 0.321 e. The fourth-order valence-electron chi connectivity index (χ4n) is 3.12. The molecule has 0 aliphatic carbocycles. The van der Waals surface area contributed by atoms with Crippen molar-refractivity contribution in [1.82, 2.24) is 9.80 Å². The normalized spacial score (nSPS) is 20.1. The molecule has 1 fully saturated rings. The molecular weight excluding hydrogens is 343 g/mol. The molecule has 1 aromatic carbocycles. The van der Waals surface area contributed by atoms with E-state index in [0.717, 1.165) is 6.54 Å². The molecule has 9 heteroatoms. The van der Waals surface area contributed by atoms with E-state index in [4.69, 9.17) is 9.47 Å². The van der Waals surface area contributed by atoms with Crippen molar-refractivity contribution in [2.45, 2.75) is 0 Å². The van der Waals surface area contributed by atoms with Crippen molar-refractivity contribution in [2.24, 2.45) is 5.92 Å². The number of nitrogens with one attached hydrogen (secondary N) is 2. The van der Waals surface area contributed by atoms with Crippen LogP contribution in [-0.4, -0.2) is 75.3 Å². The van der Waals surface area contributed by atoms with E-state index < -0.39 is 5.82 Å². The van der Waals surface area contributed by atoms with Gasteiger partial charge in [-0.1, -0.05) is 0 Å². The van der Waals surface area contributed by atoms with Gasteiger partial charge in [-0.25, -0.2) is 9.18 Å². The summed E-state index contributed by atoms with van der Waals surface area (Å²) in [5.74, 6) is -0.818. The molecule has 1 unspecified atom stereocenters. The van der Waals surface area contributed by atoms with Gasteiger partial charge in [0.25, 0.3) is 5.91 Å². The third-order valence-corrected chi connectivity index (χ3v) is 4.16. The number of nitrogens with zero attached hydrogens (tertiary/aromatic N) is 2. The number of carbonyl (C=O) groups is 2. The molecule has 2 N–H and O–H groups in total. The Labute approximate surface area is 151 Å². The van der Waals surface area contributed by atoms with Crippen LogP contribution >= 0.6 is 0 Å². The van der Waals surface area contributed by atoms with Crippen LogP contribution in [0.4, 0.5) is 20.6 Å². The van der Waals surface area contributed by atoms with E-state index in [0.29, 0.717) is 26.3 Å². The molecule has 2 aliphatic rings. The van der Waals surface area contributed by atoms with E-state index in [1.54, 1.807) is 4.90 Å². The van der Waals surface area contributed by atoms with Crippen molar-refractivity contribution in [1.29, 1.82) is 0 Å². The first-order valence-corrected chi connectivity index (χ1v) is 8.47. The zero-order chi connectivity index (χ0) is 18.7. The number of benzene rings is 1. The Kier molecular flexibility index (Phi) is 5.58. The molecule has 1 aromatic rings. The third-order valence-electron chi connectivity index (χ3n) is 4.16. The van der Waals surface area contributed by atoms with Crippen LogP contribution in [0.15, 0.2) is 12.1 Å². The number of anilines is 2. The van der Waals surface area contributed by atoms with Crippen molar-refractivity contribution in [3.8, 4) is 5.75 Å². The van der Waals surface area contributed by atoms with Crippen LogP contribution in [-0.2, 0) is 9.53 Å². The number of amides is 3. The minimum Gasteiger partial charge on any atom is -0.478 e. The van der Waals surface area contributed by atoms with Crippen LogP contribution in [0, 0.1) is 11.7 Å². The topological polar surface area (TPSA) is 83.1 Å². The first-order valence-electron chi connectivity index (χ1n) is 8.47.